The molecule has 0 N–H and O–H groups in total. The average Bonchev–Trinajstić information content (AvgIpc) is 2.33. The first-order chi connectivity index (χ1) is 8.58. The van der Waals surface area contributed by atoms with Crippen molar-refractivity contribution in [3.8, 4) is 0 Å². The highest BCUT2D eigenvalue weighted by Gasteiger charge is 1.94. The van der Waals surface area contributed by atoms with Crippen molar-refractivity contribution in [3.63, 3.8) is 0 Å². The second-order valence-corrected chi connectivity index (χ2v) is 4.46. The normalized spacial score (nSPS) is 9.17. The summed E-state index contributed by atoms with van der Waals surface area (Å²) in [5, 5.41) is 0. The van der Waals surface area contributed by atoms with Gasteiger partial charge in [-0.25, -0.2) is 0 Å². The summed E-state index contributed by atoms with van der Waals surface area (Å²) in [6.45, 7) is 0. The smallest absolute Gasteiger partial charge is 0.143 e. The highest BCUT2D eigenvalue weighted by molar-refractivity contribution is 7.80. The zero-order valence-corrected chi connectivity index (χ0v) is 11.2. The lowest BCUT2D eigenvalue weighted by atomic mass is 10.1. The molecule has 0 aliphatic rings. The van der Waals surface area contributed by atoms with Crippen LogP contribution >= 0.6 is 12.6 Å². The van der Waals surface area contributed by atoms with Crippen LogP contribution in [0.4, 0.5) is 0 Å². The van der Waals surface area contributed by atoms with Crippen molar-refractivity contribution in [2.24, 2.45) is 0 Å². The highest BCUT2D eigenvalue weighted by Crippen LogP contribution is 2.12. The number of thiol groups is 1. The minimum atomic E-state index is -3.11. The van der Waals surface area contributed by atoms with Crippen LogP contribution in [0.25, 0.3) is 0 Å². The summed E-state index contributed by atoms with van der Waals surface area (Å²) in [5.41, 5.74) is 2.67. The largest absolute Gasteiger partial charge is 0.425 e. The lowest BCUT2D eigenvalue weighted by Gasteiger charge is -2.01. The second kappa shape index (κ2) is 7.68. The third kappa shape index (κ3) is 6.22. The van der Waals surface area contributed by atoms with Gasteiger partial charge in [-0.2, -0.15) is 0 Å². The Morgan fingerprint density at radius 2 is 1.22 bits per heavy atom. The van der Waals surface area contributed by atoms with E-state index < -0.39 is 10.6 Å². The molecule has 0 unspecified atom stereocenters. The maximum Gasteiger partial charge on any atom is 0.425 e. The van der Waals surface area contributed by atoms with Crippen LogP contribution < -0.4 is 0 Å². The van der Waals surface area contributed by atoms with Crippen LogP contribution in [0.1, 0.15) is 11.1 Å². The number of hydrogen-bond acceptors (Lipinski definition) is 4. The monoisotopic (exact) mass is 280 g/mol. The van der Waals surface area contributed by atoms with Gasteiger partial charge in [0.25, 0.3) is 0 Å². The molecule has 0 radical (unpaired) electrons. The molecule has 0 atom stereocenters. The van der Waals surface area contributed by atoms with Crippen LogP contribution in [0.15, 0.2) is 59.5 Å². The predicted molar refractivity (Wildman–Crippen MR) is 72.6 cm³/mol. The molecule has 2 rings (SSSR count). The SMILES string of the molecule is O=S(=O)=O.Sc1ccc(Cc2ccccc2)cc1. The van der Waals surface area contributed by atoms with Crippen LogP contribution in [0.3, 0.4) is 0 Å². The maximum atomic E-state index is 8.44. The van der Waals surface area contributed by atoms with Crippen molar-refractivity contribution in [1.82, 2.24) is 0 Å². The summed E-state index contributed by atoms with van der Waals surface area (Å²) in [4.78, 5) is 1.02. The number of hydrogen-bond donors (Lipinski definition) is 1. The third-order valence-corrected chi connectivity index (χ3v) is 2.49. The molecule has 5 heteroatoms. The summed E-state index contributed by atoms with van der Waals surface area (Å²) >= 11 is 4.26. The minimum absolute atomic E-state index is 0.995. The third-order valence-electron chi connectivity index (χ3n) is 2.19. The van der Waals surface area contributed by atoms with E-state index in [4.69, 9.17) is 12.6 Å². The molecule has 0 fully saturated rings. The molecular formula is C13H12O3S2. The first-order valence-corrected chi connectivity index (χ1v) is 6.61. The quantitative estimate of drug-likeness (QED) is 0.860. The van der Waals surface area contributed by atoms with Crippen molar-refractivity contribution in [3.05, 3.63) is 65.7 Å². The van der Waals surface area contributed by atoms with Crippen molar-refractivity contribution in [2.75, 3.05) is 0 Å². The molecule has 0 amide bonds. The van der Waals surface area contributed by atoms with Crippen LogP contribution in [0.2, 0.25) is 0 Å². The molecule has 3 nitrogen and oxygen atoms in total. The fourth-order valence-electron chi connectivity index (χ4n) is 1.45. The molecule has 94 valence electrons. The molecule has 0 saturated carbocycles. The van der Waals surface area contributed by atoms with E-state index in [0.717, 1.165) is 11.3 Å². The molecule has 0 saturated heterocycles. The zero-order valence-electron chi connectivity index (χ0n) is 9.48. The molecule has 2 aromatic carbocycles. The summed E-state index contributed by atoms with van der Waals surface area (Å²) in [5.74, 6) is 0. The van der Waals surface area contributed by atoms with Gasteiger partial charge in [-0.05, 0) is 29.7 Å². The molecule has 0 heterocycles. The predicted octanol–water partition coefficient (Wildman–Crippen LogP) is 2.56. The van der Waals surface area contributed by atoms with Crippen LogP contribution in [0.5, 0.6) is 0 Å². The number of benzene rings is 2. The van der Waals surface area contributed by atoms with E-state index in [0.29, 0.717) is 0 Å². The van der Waals surface area contributed by atoms with Gasteiger partial charge in [0, 0.05) is 4.90 Å². The van der Waals surface area contributed by atoms with Gasteiger partial charge in [0.15, 0.2) is 0 Å². The molecule has 18 heavy (non-hydrogen) atoms. The van der Waals surface area contributed by atoms with Crippen LogP contribution in [-0.2, 0) is 17.0 Å². The van der Waals surface area contributed by atoms with E-state index in [1.54, 1.807) is 0 Å². The van der Waals surface area contributed by atoms with Gasteiger partial charge >= 0.3 is 10.6 Å². The Morgan fingerprint density at radius 3 is 1.72 bits per heavy atom. The summed E-state index contributed by atoms with van der Waals surface area (Å²) in [6.07, 6.45) is 0.995. The van der Waals surface area contributed by atoms with Gasteiger partial charge in [0.2, 0.25) is 0 Å². The Morgan fingerprint density at radius 1 is 0.778 bits per heavy atom. The van der Waals surface area contributed by atoms with E-state index in [-0.39, 0.29) is 0 Å². The fourth-order valence-corrected chi connectivity index (χ4v) is 1.59. The maximum absolute atomic E-state index is 8.44. The Labute approximate surface area is 113 Å². The van der Waals surface area contributed by atoms with Gasteiger partial charge in [0.1, 0.15) is 0 Å². The van der Waals surface area contributed by atoms with E-state index in [2.05, 4.69) is 49.0 Å². The van der Waals surface area contributed by atoms with Gasteiger partial charge < -0.3 is 0 Å². The van der Waals surface area contributed by atoms with E-state index >= 15 is 0 Å². The molecular weight excluding hydrogens is 268 g/mol. The van der Waals surface area contributed by atoms with Crippen molar-refractivity contribution in [1.29, 1.82) is 0 Å². The second-order valence-electron chi connectivity index (χ2n) is 3.53. The highest BCUT2D eigenvalue weighted by atomic mass is 32.2. The van der Waals surface area contributed by atoms with Crippen molar-refractivity contribution in [2.45, 2.75) is 11.3 Å². The molecule has 0 aromatic heterocycles. The van der Waals surface area contributed by atoms with Gasteiger partial charge in [-0.3, -0.25) is 0 Å². The first-order valence-electron chi connectivity index (χ1n) is 5.16. The zero-order chi connectivity index (χ0) is 13.4. The summed E-state index contributed by atoms with van der Waals surface area (Å²) < 4.78 is 25.3. The molecule has 0 spiro atoms. The minimum Gasteiger partial charge on any atom is -0.143 e. The lowest BCUT2D eigenvalue weighted by molar-refractivity contribution is 0.559. The number of rotatable bonds is 2. The van der Waals surface area contributed by atoms with E-state index in [1.165, 1.54) is 11.1 Å². The van der Waals surface area contributed by atoms with E-state index in [1.807, 2.05) is 18.2 Å². The molecule has 2 aromatic rings. The Balaban J connectivity index is 0.000000357. The Kier molecular flexibility index (Phi) is 6.18. The fraction of sp³-hybridized carbons (Fsp3) is 0.0769. The lowest BCUT2D eigenvalue weighted by Crippen LogP contribution is -1.86. The van der Waals surface area contributed by atoms with Gasteiger partial charge in [-0.1, -0.05) is 42.5 Å². The first kappa shape index (κ1) is 14.5. The van der Waals surface area contributed by atoms with Gasteiger partial charge in [0.05, 0.1) is 0 Å². The molecule has 0 aliphatic heterocycles. The van der Waals surface area contributed by atoms with Crippen LogP contribution in [-0.4, -0.2) is 12.6 Å². The van der Waals surface area contributed by atoms with Crippen molar-refractivity contribution < 1.29 is 12.6 Å². The van der Waals surface area contributed by atoms with Gasteiger partial charge in [-0.15, -0.1) is 25.3 Å². The molecule has 0 bridgehead atoms. The standard InChI is InChI=1S/C13H12S.O3S/c14-13-8-6-12(7-9-13)10-11-4-2-1-3-5-11;1-4(2)3/h1-9,14H,10H2;. The average molecular weight is 280 g/mol. The summed E-state index contributed by atoms with van der Waals surface area (Å²) in [6, 6.07) is 18.8. The van der Waals surface area contributed by atoms with Crippen LogP contribution in [0, 0.1) is 0 Å². The van der Waals surface area contributed by atoms with Crippen molar-refractivity contribution >= 4 is 23.2 Å². The Bertz CT molecular complexity index is 568. The Hall–Kier alpha value is -1.59. The van der Waals surface area contributed by atoms with E-state index in [9.17, 15) is 0 Å². The topological polar surface area (TPSA) is 51.2 Å². The summed E-state index contributed by atoms with van der Waals surface area (Å²) in [7, 11) is -3.11. The molecule has 0 aliphatic carbocycles.